The van der Waals surface area contributed by atoms with Crippen molar-refractivity contribution in [2.45, 2.75) is 13.8 Å². The fourth-order valence-electron chi connectivity index (χ4n) is 2.25. The molecule has 3 aromatic rings. The molecule has 2 aromatic heterocycles. The summed E-state index contributed by atoms with van der Waals surface area (Å²) < 4.78 is 2.02. The Labute approximate surface area is 115 Å². The summed E-state index contributed by atoms with van der Waals surface area (Å²) in [7, 11) is 1.97. The van der Waals surface area contributed by atoms with Crippen LogP contribution in [-0.4, -0.2) is 14.5 Å². The van der Waals surface area contributed by atoms with Gasteiger partial charge in [0.05, 0.1) is 26.7 Å². The molecule has 0 bridgehead atoms. The highest BCUT2D eigenvalue weighted by atomic mass is 32.1. The van der Waals surface area contributed by atoms with Gasteiger partial charge in [0.15, 0.2) is 5.82 Å². The minimum Gasteiger partial charge on any atom is -0.326 e. The lowest BCUT2D eigenvalue weighted by Crippen LogP contribution is -1.91. The molecule has 0 fully saturated rings. The van der Waals surface area contributed by atoms with Crippen molar-refractivity contribution in [2.24, 2.45) is 7.05 Å². The monoisotopic (exact) mass is 268 g/mol. The van der Waals surface area contributed by atoms with Crippen LogP contribution < -0.4 is 0 Å². The third-order valence-corrected chi connectivity index (χ3v) is 4.21. The zero-order valence-electron chi connectivity index (χ0n) is 10.9. The summed E-state index contributed by atoms with van der Waals surface area (Å²) in [5.41, 5.74) is 3.32. The second-order valence-electron chi connectivity index (χ2n) is 4.43. The molecule has 0 radical (unpaired) electrons. The second kappa shape index (κ2) is 4.18. The predicted octanol–water partition coefficient (Wildman–Crippen LogP) is 3.19. The van der Waals surface area contributed by atoms with Crippen molar-refractivity contribution in [1.82, 2.24) is 14.5 Å². The Kier molecular flexibility index (Phi) is 2.61. The van der Waals surface area contributed by atoms with E-state index in [2.05, 4.69) is 16.0 Å². The Bertz CT molecular complexity index is 820. The number of fused-ring (bicyclic) bond motifs is 1. The van der Waals surface area contributed by atoms with Crippen LogP contribution in [0.4, 0.5) is 0 Å². The van der Waals surface area contributed by atoms with E-state index in [1.807, 2.05) is 37.6 Å². The zero-order chi connectivity index (χ0) is 13.6. The maximum absolute atomic E-state index is 9.16. The van der Waals surface area contributed by atoms with Crippen LogP contribution in [0.1, 0.15) is 16.3 Å². The van der Waals surface area contributed by atoms with Crippen LogP contribution in [0.5, 0.6) is 0 Å². The van der Waals surface area contributed by atoms with Gasteiger partial charge in [-0.25, -0.2) is 9.97 Å². The molecule has 0 spiro atoms. The number of thiazole rings is 1. The molecule has 0 N–H and O–H groups in total. The first-order valence-electron chi connectivity index (χ1n) is 5.91. The molecular formula is C14H12N4S. The van der Waals surface area contributed by atoms with Crippen LogP contribution in [0.25, 0.3) is 21.7 Å². The molecule has 0 amide bonds. The summed E-state index contributed by atoms with van der Waals surface area (Å²) in [6.07, 6.45) is 0. The van der Waals surface area contributed by atoms with E-state index < -0.39 is 0 Å². The number of nitriles is 1. The van der Waals surface area contributed by atoms with Gasteiger partial charge < -0.3 is 4.57 Å². The van der Waals surface area contributed by atoms with Gasteiger partial charge >= 0.3 is 0 Å². The van der Waals surface area contributed by atoms with E-state index in [0.29, 0.717) is 5.56 Å². The van der Waals surface area contributed by atoms with Crippen LogP contribution in [-0.2, 0) is 7.05 Å². The van der Waals surface area contributed by atoms with Crippen LogP contribution in [0.15, 0.2) is 18.2 Å². The molecular weight excluding hydrogens is 256 g/mol. The maximum Gasteiger partial charge on any atom is 0.152 e. The molecule has 94 valence electrons. The lowest BCUT2D eigenvalue weighted by Gasteiger charge is -1.99. The Hall–Kier alpha value is -2.19. The van der Waals surface area contributed by atoms with E-state index in [-0.39, 0.29) is 0 Å². The first kappa shape index (κ1) is 11.9. The molecule has 5 heteroatoms. The van der Waals surface area contributed by atoms with Gasteiger partial charge in [-0.15, -0.1) is 11.3 Å². The summed E-state index contributed by atoms with van der Waals surface area (Å²) in [4.78, 5) is 10.1. The van der Waals surface area contributed by atoms with Gasteiger partial charge in [-0.2, -0.15) is 5.26 Å². The lowest BCUT2D eigenvalue weighted by molar-refractivity contribution is 0.959. The number of aromatic nitrogens is 3. The largest absolute Gasteiger partial charge is 0.326 e. The molecule has 0 saturated carbocycles. The molecule has 3 rings (SSSR count). The molecule has 4 nitrogen and oxygen atoms in total. The van der Waals surface area contributed by atoms with Gasteiger partial charge in [0.1, 0.15) is 11.6 Å². The average molecular weight is 268 g/mol. The summed E-state index contributed by atoms with van der Waals surface area (Å²) in [5, 5.41) is 10.2. The lowest BCUT2D eigenvalue weighted by atomic mass is 10.2. The van der Waals surface area contributed by atoms with E-state index >= 15 is 0 Å². The number of hydrogen-bond donors (Lipinski definition) is 0. The topological polar surface area (TPSA) is 54.5 Å². The number of benzene rings is 1. The smallest absolute Gasteiger partial charge is 0.152 e. The predicted molar refractivity (Wildman–Crippen MR) is 76.0 cm³/mol. The Morgan fingerprint density at radius 2 is 2.05 bits per heavy atom. The third kappa shape index (κ3) is 1.72. The quantitative estimate of drug-likeness (QED) is 0.681. The minimum atomic E-state index is 0.609. The molecule has 1 aromatic carbocycles. The number of nitrogens with zero attached hydrogens (tertiary/aromatic N) is 4. The van der Waals surface area contributed by atoms with E-state index in [1.54, 1.807) is 17.4 Å². The molecule has 19 heavy (non-hydrogen) atoms. The van der Waals surface area contributed by atoms with Crippen molar-refractivity contribution < 1.29 is 0 Å². The fourth-order valence-corrected chi connectivity index (χ4v) is 3.19. The molecule has 0 aliphatic carbocycles. The van der Waals surface area contributed by atoms with Gasteiger partial charge in [-0.1, -0.05) is 6.07 Å². The SMILES string of the molecule is Cc1nc(C)c(-c2nc3c(C#N)cccc3n2C)s1. The standard InChI is InChI=1S/C14H12N4S/c1-8-13(19-9(2)16-8)14-17-12-10(7-15)5-4-6-11(12)18(14)3/h4-6H,1-3H3. The van der Waals surface area contributed by atoms with Crippen LogP contribution in [0.2, 0.25) is 0 Å². The van der Waals surface area contributed by atoms with Crippen molar-refractivity contribution in [3.63, 3.8) is 0 Å². The summed E-state index contributed by atoms with van der Waals surface area (Å²) >= 11 is 1.63. The van der Waals surface area contributed by atoms with Crippen molar-refractivity contribution in [3.05, 3.63) is 34.5 Å². The van der Waals surface area contributed by atoms with E-state index in [4.69, 9.17) is 5.26 Å². The Balaban J connectivity index is 2.35. The van der Waals surface area contributed by atoms with Gasteiger partial charge in [-0.3, -0.25) is 0 Å². The summed E-state index contributed by atoms with van der Waals surface area (Å²) in [6.45, 7) is 3.98. The van der Waals surface area contributed by atoms with Crippen molar-refractivity contribution in [2.75, 3.05) is 0 Å². The minimum absolute atomic E-state index is 0.609. The highest BCUT2D eigenvalue weighted by molar-refractivity contribution is 7.15. The third-order valence-electron chi connectivity index (χ3n) is 3.14. The second-order valence-corrected chi connectivity index (χ2v) is 5.63. The number of imidazole rings is 1. The van der Waals surface area contributed by atoms with Crippen LogP contribution in [0, 0.1) is 25.2 Å². The number of aryl methyl sites for hydroxylation is 3. The molecule has 0 saturated heterocycles. The summed E-state index contributed by atoms with van der Waals surface area (Å²) in [5.74, 6) is 0.876. The van der Waals surface area contributed by atoms with Crippen LogP contribution in [0.3, 0.4) is 0 Å². The zero-order valence-corrected chi connectivity index (χ0v) is 11.7. The van der Waals surface area contributed by atoms with Crippen molar-refractivity contribution >= 4 is 22.4 Å². The number of para-hydroxylation sites is 1. The number of hydrogen-bond acceptors (Lipinski definition) is 4. The molecule has 0 aliphatic rings. The van der Waals surface area contributed by atoms with E-state index in [9.17, 15) is 0 Å². The van der Waals surface area contributed by atoms with Crippen molar-refractivity contribution in [1.29, 1.82) is 5.26 Å². The van der Waals surface area contributed by atoms with Gasteiger partial charge in [0.25, 0.3) is 0 Å². The molecule has 0 unspecified atom stereocenters. The van der Waals surface area contributed by atoms with Gasteiger partial charge in [0, 0.05) is 7.05 Å². The van der Waals surface area contributed by atoms with Crippen molar-refractivity contribution in [3.8, 4) is 16.8 Å². The summed E-state index contributed by atoms with van der Waals surface area (Å²) in [6, 6.07) is 7.86. The van der Waals surface area contributed by atoms with Crippen LogP contribution >= 0.6 is 11.3 Å². The molecule has 0 aliphatic heterocycles. The fraction of sp³-hybridized carbons (Fsp3) is 0.214. The highest BCUT2D eigenvalue weighted by Crippen LogP contribution is 2.31. The highest BCUT2D eigenvalue weighted by Gasteiger charge is 2.16. The molecule has 0 atom stereocenters. The van der Waals surface area contributed by atoms with E-state index in [0.717, 1.165) is 32.4 Å². The Morgan fingerprint density at radius 3 is 2.68 bits per heavy atom. The first-order chi connectivity index (χ1) is 9.11. The molecule has 2 heterocycles. The van der Waals surface area contributed by atoms with Gasteiger partial charge in [-0.05, 0) is 26.0 Å². The number of rotatable bonds is 1. The first-order valence-corrected chi connectivity index (χ1v) is 6.73. The Morgan fingerprint density at radius 1 is 1.26 bits per heavy atom. The average Bonchev–Trinajstić information content (AvgIpc) is 2.90. The van der Waals surface area contributed by atoms with Gasteiger partial charge in [0.2, 0.25) is 0 Å². The van der Waals surface area contributed by atoms with E-state index in [1.165, 1.54) is 0 Å². The maximum atomic E-state index is 9.16. The normalized spacial score (nSPS) is 10.8.